The zero-order valence-corrected chi connectivity index (χ0v) is 17.4. The van der Waals surface area contributed by atoms with Crippen molar-refractivity contribution in [1.29, 1.82) is 0 Å². The molecule has 0 aliphatic heterocycles. The van der Waals surface area contributed by atoms with E-state index in [2.05, 4.69) is 20.6 Å². The highest BCUT2D eigenvalue weighted by Crippen LogP contribution is 2.20. The van der Waals surface area contributed by atoms with Crippen LogP contribution in [-0.4, -0.2) is 26.9 Å². The van der Waals surface area contributed by atoms with Crippen molar-refractivity contribution in [3.05, 3.63) is 93.9 Å². The number of nitrogens with zero attached hydrogens (tertiary/aromatic N) is 4. The number of para-hydroxylation sites is 1. The second kappa shape index (κ2) is 8.47. The molecule has 1 amide bonds. The normalized spacial score (nSPS) is 11.3. The van der Waals surface area contributed by atoms with E-state index in [0.29, 0.717) is 17.1 Å². The van der Waals surface area contributed by atoms with Gasteiger partial charge < -0.3 is 0 Å². The highest BCUT2D eigenvalue weighted by atomic mass is 35.5. The van der Waals surface area contributed by atoms with Gasteiger partial charge in [0.1, 0.15) is 0 Å². The summed E-state index contributed by atoms with van der Waals surface area (Å²) in [5.41, 5.74) is 7.43. The zero-order chi connectivity index (χ0) is 21.1. The maximum absolute atomic E-state index is 12.5. The fourth-order valence-electron chi connectivity index (χ4n) is 3.27. The third kappa shape index (κ3) is 4.09. The summed E-state index contributed by atoms with van der Waals surface area (Å²) in [5.74, 6) is -0.285. The zero-order valence-electron chi connectivity index (χ0n) is 16.6. The highest BCUT2D eigenvalue weighted by Gasteiger charge is 2.11. The van der Waals surface area contributed by atoms with Gasteiger partial charge in [-0.2, -0.15) is 10.2 Å². The first-order valence-electron chi connectivity index (χ1n) is 9.48. The fraction of sp³-hybridized carbons (Fsp3) is 0.130. The number of aryl methyl sites for hydroxylation is 1. The summed E-state index contributed by atoms with van der Waals surface area (Å²) in [6, 6.07) is 17.1. The van der Waals surface area contributed by atoms with Gasteiger partial charge in [0.05, 0.1) is 34.7 Å². The minimum absolute atomic E-state index is 0.285. The van der Waals surface area contributed by atoms with Gasteiger partial charge in [-0.1, -0.05) is 48.0 Å². The van der Waals surface area contributed by atoms with Crippen LogP contribution in [-0.2, 0) is 6.54 Å². The maximum Gasteiger partial charge on any atom is 0.271 e. The van der Waals surface area contributed by atoms with Gasteiger partial charge in [0.25, 0.3) is 5.91 Å². The lowest BCUT2D eigenvalue weighted by Gasteiger charge is -2.07. The molecule has 4 rings (SSSR count). The fourth-order valence-corrected chi connectivity index (χ4v) is 3.41. The molecule has 6 nitrogen and oxygen atoms in total. The number of fused-ring (bicyclic) bond motifs is 1. The van der Waals surface area contributed by atoms with Gasteiger partial charge >= 0.3 is 0 Å². The van der Waals surface area contributed by atoms with Crippen LogP contribution in [0.25, 0.3) is 10.9 Å². The number of halogens is 1. The van der Waals surface area contributed by atoms with Crippen LogP contribution in [0, 0.1) is 13.8 Å². The Kier molecular flexibility index (Phi) is 5.59. The first kappa shape index (κ1) is 19.8. The Bertz CT molecular complexity index is 1260. The lowest BCUT2D eigenvalue weighted by molar-refractivity contribution is 0.0955. The molecule has 0 bridgehead atoms. The van der Waals surface area contributed by atoms with Crippen molar-refractivity contribution in [3.8, 4) is 0 Å². The van der Waals surface area contributed by atoms with Crippen LogP contribution in [0.4, 0.5) is 0 Å². The molecule has 7 heteroatoms. The molecule has 4 aromatic rings. The minimum atomic E-state index is -0.285. The first-order valence-corrected chi connectivity index (χ1v) is 9.86. The number of amides is 1. The van der Waals surface area contributed by atoms with Gasteiger partial charge in [0.2, 0.25) is 0 Å². The average Bonchev–Trinajstić information content (AvgIpc) is 3.00. The van der Waals surface area contributed by atoms with Crippen LogP contribution in [0.3, 0.4) is 0 Å². The molecular weight excluding hydrogens is 398 g/mol. The van der Waals surface area contributed by atoms with E-state index in [4.69, 9.17) is 11.6 Å². The highest BCUT2D eigenvalue weighted by molar-refractivity contribution is 6.31. The number of nitrogens with one attached hydrogen (secondary N) is 1. The van der Waals surface area contributed by atoms with Gasteiger partial charge in [-0.15, -0.1) is 0 Å². The molecule has 150 valence electrons. The van der Waals surface area contributed by atoms with Crippen molar-refractivity contribution in [1.82, 2.24) is 20.2 Å². The van der Waals surface area contributed by atoms with E-state index in [1.165, 1.54) is 0 Å². The van der Waals surface area contributed by atoms with E-state index in [9.17, 15) is 4.79 Å². The quantitative estimate of drug-likeness (QED) is 0.383. The predicted octanol–water partition coefficient (Wildman–Crippen LogP) is 4.51. The summed E-state index contributed by atoms with van der Waals surface area (Å²) in [7, 11) is 0. The van der Waals surface area contributed by atoms with Crippen molar-refractivity contribution in [2.45, 2.75) is 20.4 Å². The lowest BCUT2D eigenvalue weighted by atomic mass is 10.1. The van der Waals surface area contributed by atoms with Crippen molar-refractivity contribution < 1.29 is 4.79 Å². The molecule has 0 radical (unpaired) electrons. The molecule has 0 fully saturated rings. The summed E-state index contributed by atoms with van der Waals surface area (Å²) in [4.78, 5) is 16.9. The van der Waals surface area contributed by atoms with Crippen LogP contribution in [0.15, 0.2) is 65.9 Å². The van der Waals surface area contributed by atoms with E-state index < -0.39 is 0 Å². The largest absolute Gasteiger partial charge is 0.271 e. The van der Waals surface area contributed by atoms with Gasteiger partial charge in [0, 0.05) is 22.7 Å². The van der Waals surface area contributed by atoms with Crippen molar-refractivity contribution >= 4 is 34.6 Å². The molecular formula is C23H20ClN5O. The number of aromatic nitrogens is 3. The second-order valence-corrected chi connectivity index (χ2v) is 7.34. The molecule has 0 aliphatic carbocycles. The Morgan fingerprint density at radius 2 is 1.97 bits per heavy atom. The Morgan fingerprint density at radius 3 is 2.77 bits per heavy atom. The summed E-state index contributed by atoms with van der Waals surface area (Å²) >= 11 is 6.22. The molecule has 0 atom stereocenters. The van der Waals surface area contributed by atoms with Crippen LogP contribution >= 0.6 is 11.6 Å². The second-order valence-electron chi connectivity index (χ2n) is 6.96. The summed E-state index contributed by atoms with van der Waals surface area (Å²) < 4.78 is 1.83. The molecule has 2 heterocycles. The summed E-state index contributed by atoms with van der Waals surface area (Å²) in [6.45, 7) is 4.33. The number of benzene rings is 2. The monoisotopic (exact) mass is 417 g/mol. The number of carbonyl (C=O) groups excluding carboxylic acids is 1. The van der Waals surface area contributed by atoms with Gasteiger partial charge in [0.15, 0.2) is 0 Å². The van der Waals surface area contributed by atoms with Crippen LogP contribution in [0.1, 0.15) is 32.9 Å². The maximum atomic E-state index is 12.5. The van der Waals surface area contributed by atoms with Crippen LogP contribution in [0.5, 0.6) is 0 Å². The molecule has 0 saturated heterocycles. The van der Waals surface area contributed by atoms with Crippen molar-refractivity contribution in [2.75, 3.05) is 0 Å². The molecule has 2 aromatic heterocycles. The third-order valence-corrected chi connectivity index (χ3v) is 5.40. The smallest absolute Gasteiger partial charge is 0.267 e. The number of carbonyl (C=O) groups is 1. The van der Waals surface area contributed by atoms with Gasteiger partial charge in [-0.3, -0.25) is 14.5 Å². The summed E-state index contributed by atoms with van der Waals surface area (Å²) in [5, 5.41) is 10.2. The molecule has 0 unspecified atom stereocenters. The molecule has 30 heavy (non-hydrogen) atoms. The van der Waals surface area contributed by atoms with E-state index in [-0.39, 0.29) is 5.91 Å². The van der Waals surface area contributed by atoms with Gasteiger partial charge in [-0.25, -0.2) is 5.43 Å². The lowest BCUT2D eigenvalue weighted by Crippen LogP contribution is -2.18. The van der Waals surface area contributed by atoms with Gasteiger partial charge in [-0.05, 0) is 37.6 Å². The standard InChI is InChI=1S/C23H20ClN5O/c1-15-21(24)16(2)29(28-15)14-17-6-3-8-19(12-17)23(30)27-26-13-20-9-4-7-18-10-5-11-25-22(18)20/h3-13H,14H2,1-2H3,(H,27,30). The Hall–Kier alpha value is -3.51. The number of hydrogen-bond acceptors (Lipinski definition) is 4. The number of hydrogen-bond donors (Lipinski definition) is 1. The molecule has 0 saturated carbocycles. The molecule has 1 N–H and O–H groups in total. The Balaban J connectivity index is 1.48. The Morgan fingerprint density at radius 1 is 1.17 bits per heavy atom. The first-order chi connectivity index (χ1) is 14.5. The number of rotatable bonds is 5. The van der Waals surface area contributed by atoms with Crippen molar-refractivity contribution in [2.24, 2.45) is 5.10 Å². The van der Waals surface area contributed by atoms with Crippen LogP contribution in [0.2, 0.25) is 5.02 Å². The number of hydrazone groups is 1. The predicted molar refractivity (Wildman–Crippen MR) is 119 cm³/mol. The number of pyridine rings is 1. The molecule has 2 aromatic carbocycles. The topological polar surface area (TPSA) is 72.2 Å². The minimum Gasteiger partial charge on any atom is -0.267 e. The van der Waals surface area contributed by atoms with E-state index >= 15 is 0 Å². The third-order valence-electron chi connectivity index (χ3n) is 4.85. The van der Waals surface area contributed by atoms with E-state index in [1.807, 2.05) is 67.1 Å². The molecule has 0 spiro atoms. The van der Waals surface area contributed by atoms with E-state index in [0.717, 1.165) is 33.4 Å². The molecule has 0 aliphatic rings. The Labute approximate surface area is 179 Å². The SMILES string of the molecule is Cc1nn(Cc2cccc(C(=O)NN=Cc3cccc4cccnc34)c2)c(C)c1Cl. The van der Waals surface area contributed by atoms with E-state index in [1.54, 1.807) is 18.5 Å². The summed E-state index contributed by atoms with van der Waals surface area (Å²) in [6.07, 6.45) is 3.34. The van der Waals surface area contributed by atoms with Crippen molar-refractivity contribution in [3.63, 3.8) is 0 Å². The van der Waals surface area contributed by atoms with Crippen LogP contribution < -0.4 is 5.43 Å². The average molecular weight is 418 g/mol.